The van der Waals surface area contributed by atoms with Gasteiger partial charge in [0, 0.05) is 11.8 Å². The van der Waals surface area contributed by atoms with Crippen LogP contribution in [-0.2, 0) is 29.2 Å². The van der Waals surface area contributed by atoms with Gasteiger partial charge in [0.1, 0.15) is 0 Å². The van der Waals surface area contributed by atoms with Gasteiger partial charge in [-0.25, -0.2) is 16.8 Å². The number of allylic oxidation sites excluding steroid dienone is 2. The second-order valence-corrected chi connectivity index (χ2v) is 30.2. The first-order chi connectivity index (χ1) is 44.0. The molecular weight excluding hydrogens is 1190 g/mol. The Morgan fingerprint density at radius 2 is 0.385 bits per heavy atom. The van der Waals surface area contributed by atoms with E-state index in [1.165, 1.54) is 398 Å². The van der Waals surface area contributed by atoms with Crippen molar-refractivity contribution in [1.29, 1.82) is 0 Å². The zero-order valence-electron chi connectivity index (χ0n) is 61.8. The average molecular weight is 1350 g/mol. The van der Waals surface area contributed by atoms with Crippen molar-refractivity contribution < 1.29 is 34.3 Å². The first-order valence-corrected chi connectivity index (χ1v) is 43.2. The van der Waals surface area contributed by atoms with Crippen LogP contribution in [-0.4, -0.2) is 76.9 Å². The van der Waals surface area contributed by atoms with Crippen LogP contribution in [0.15, 0.2) is 24.3 Å². The van der Waals surface area contributed by atoms with Crippen LogP contribution in [0.25, 0.3) is 0 Å². The maximum Gasteiger partial charge on any atom is 2.00 e. The monoisotopic (exact) mass is 1350 g/mol. The zero-order chi connectivity index (χ0) is 65.9. The van der Waals surface area contributed by atoms with Gasteiger partial charge in [-0.2, -0.15) is 0 Å². The molecule has 0 aliphatic carbocycles. The summed E-state index contributed by atoms with van der Waals surface area (Å²) >= 11 is 0. The van der Waals surface area contributed by atoms with E-state index in [4.69, 9.17) is 0 Å². The molecule has 0 aromatic carbocycles. The fourth-order valence-corrected chi connectivity index (χ4v) is 13.6. The maximum absolute atomic E-state index is 11.0. The Labute approximate surface area is 601 Å². The van der Waals surface area contributed by atoms with E-state index in [2.05, 4.69) is 60.4 Å². The molecule has 91 heavy (non-hydrogen) atoms. The third-order valence-corrected chi connectivity index (χ3v) is 19.8. The molecule has 0 rings (SSSR count). The molecule has 0 aliphatic heterocycles. The van der Waals surface area contributed by atoms with Crippen molar-refractivity contribution in [2.45, 2.75) is 464 Å². The smallest absolute Gasteiger partial charge is 0.726 e. The van der Waals surface area contributed by atoms with Crippen LogP contribution in [0.5, 0.6) is 0 Å². The summed E-state index contributed by atoms with van der Waals surface area (Å²) in [6.07, 6.45) is 99.4. The van der Waals surface area contributed by atoms with Gasteiger partial charge in [0.15, 0.2) is 0 Å². The summed E-state index contributed by atoms with van der Waals surface area (Å²) in [7, 11) is -9.25. The summed E-state index contributed by atoms with van der Waals surface area (Å²) in [5.74, 6) is 0.0304. The van der Waals surface area contributed by atoms with E-state index in [-0.39, 0.29) is 62.8 Å². The van der Waals surface area contributed by atoms with E-state index in [9.17, 15) is 25.9 Å². The van der Waals surface area contributed by atoms with Crippen molar-refractivity contribution in [2.24, 2.45) is 11.8 Å². The van der Waals surface area contributed by atoms with Gasteiger partial charge in [0.05, 0.1) is 13.2 Å². The summed E-state index contributed by atoms with van der Waals surface area (Å²) in [6, 6.07) is 0. The van der Waals surface area contributed by atoms with Gasteiger partial charge in [0.2, 0.25) is 20.8 Å². The van der Waals surface area contributed by atoms with Crippen LogP contribution in [0.3, 0.4) is 0 Å². The van der Waals surface area contributed by atoms with Crippen LogP contribution in [0.2, 0.25) is 0 Å². The Bertz CT molecular complexity index is 1510. The fourth-order valence-electron chi connectivity index (χ4n) is 12.9. The largest absolute Gasteiger partial charge is 2.00 e. The van der Waals surface area contributed by atoms with Crippen molar-refractivity contribution >= 4 is 58.5 Å². The van der Waals surface area contributed by atoms with Crippen molar-refractivity contribution in [3.05, 3.63) is 24.3 Å². The van der Waals surface area contributed by atoms with Crippen molar-refractivity contribution in [3.63, 3.8) is 0 Å². The minimum absolute atomic E-state index is 0. The van der Waals surface area contributed by atoms with Crippen LogP contribution in [0.1, 0.15) is 464 Å². The third-order valence-electron chi connectivity index (χ3n) is 19.0. The Kier molecular flexibility index (Phi) is 85.3. The molecule has 0 N–H and O–H groups in total. The SMILES string of the molecule is CCCCCCCCCCCCCCCC/C=C/C(CCCCCCCCCCCCCCCCCCCC)COS(=O)(=O)[O-].CCCCCCCCCCCCCCCC/C=C/C(CCCCCCCCCCCCCCCCCCCC)COS(=O)(=O)[O-].[Ca+2]. The molecule has 0 heterocycles. The van der Waals surface area contributed by atoms with Gasteiger partial charge in [-0.1, -0.05) is 450 Å². The van der Waals surface area contributed by atoms with Crippen molar-refractivity contribution in [3.8, 4) is 0 Å². The second-order valence-electron chi connectivity index (χ2n) is 28.1. The number of rotatable bonds is 76. The quantitative estimate of drug-likeness (QED) is 0.0193. The molecule has 11 heteroatoms. The van der Waals surface area contributed by atoms with Gasteiger partial charge in [-0.15, -0.1) is 0 Å². The van der Waals surface area contributed by atoms with Crippen LogP contribution < -0.4 is 0 Å². The molecule has 0 saturated carbocycles. The predicted octanol–water partition coefficient (Wildman–Crippen LogP) is 27.5. The van der Waals surface area contributed by atoms with Crippen LogP contribution in [0, 0.1) is 11.8 Å². The molecule has 0 saturated heterocycles. The number of hydrogen-bond donors (Lipinski definition) is 0. The van der Waals surface area contributed by atoms with Gasteiger partial charge in [-0.05, 0) is 38.5 Å². The Balaban J connectivity index is -0.00000168. The first-order valence-electron chi connectivity index (χ1n) is 40.5. The minimum Gasteiger partial charge on any atom is -0.726 e. The summed E-state index contributed by atoms with van der Waals surface area (Å²) in [5, 5.41) is 0. The molecular formula is C80H158CaO8S2. The molecule has 0 bridgehead atoms. The zero-order valence-corrected chi connectivity index (χ0v) is 65.6. The van der Waals surface area contributed by atoms with Gasteiger partial charge in [0.25, 0.3) is 0 Å². The molecule has 0 radical (unpaired) electrons. The van der Waals surface area contributed by atoms with Crippen molar-refractivity contribution in [2.75, 3.05) is 13.2 Å². The molecule has 0 spiro atoms. The summed E-state index contributed by atoms with van der Waals surface area (Å²) in [5.41, 5.74) is 0. The Hall–Kier alpha value is 0.480. The van der Waals surface area contributed by atoms with Crippen LogP contribution >= 0.6 is 0 Å². The predicted molar refractivity (Wildman–Crippen MR) is 399 cm³/mol. The third kappa shape index (κ3) is 90.5. The van der Waals surface area contributed by atoms with Crippen LogP contribution in [0.4, 0.5) is 0 Å². The van der Waals surface area contributed by atoms with Gasteiger partial charge in [-0.3, -0.25) is 8.37 Å². The van der Waals surface area contributed by atoms with E-state index < -0.39 is 20.8 Å². The first kappa shape index (κ1) is 95.7. The molecule has 2 atom stereocenters. The van der Waals surface area contributed by atoms with E-state index in [0.717, 1.165) is 38.5 Å². The molecule has 0 amide bonds. The molecule has 2 unspecified atom stereocenters. The molecule has 0 fully saturated rings. The van der Waals surface area contributed by atoms with Crippen molar-refractivity contribution in [1.82, 2.24) is 0 Å². The molecule has 0 aromatic rings. The second kappa shape index (κ2) is 81.2. The average Bonchev–Trinajstić information content (AvgIpc) is 3.53. The minimum atomic E-state index is -4.63. The van der Waals surface area contributed by atoms with E-state index in [1.54, 1.807) is 0 Å². The van der Waals surface area contributed by atoms with Gasteiger partial charge < -0.3 is 9.11 Å². The fraction of sp³-hybridized carbons (Fsp3) is 0.950. The van der Waals surface area contributed by atoms with E-state index in [0.29, 0.717) is 0 Å². The Morgan fingerprint density at radius 1 is 0.242 bits per heavy atom. The molecule has 540 valence electrons. The molecule has 8 nitrogen and oxygen atoms in total. The standard InChI is InChI=1S/2C40H80O4S.Ca/c2*1-3-5-7-9-11-13-15-17-19-21-22-24-26-28-30-32-34-36-38-40(39-44-45(41,42)43)37-35-33-31-29-27-25-23-20-18-16-14-12-10-8-6-4-2;/h2*35,37,40H,3-34,36,38-39H2,1-2H3,(H,41,42,43);/q;;+2/p-2/b2*37-35+;. The number of hydrogen-bond acceptors (Lipinski definition) is 8. The normalized spacial score (nSPS) is 12.7. The van der Waals surface area contributed by atoms with E-state index in [1.807, 2.05) is 0 Å². The van der Waals surface area contributed by atoms with E-state index >= 15 is 0 Å². The Morgan fingerprint density at radius 3 is 0.538 bits per heavy atom. The topological polar surface area (TPSA) is 133 Å². The van der Waals surface area contributed by atoms with Gasteiger partial charge >= 0.3 is 37.7 Å². The summed E-state index contributed by atoms with van der Waals surface area (Å²) < 4.78 is 75.2. The maximum atomic E-state index is 11.0. The molecule has 0 aliphatic rings. The molecule has 0 aromatic heterocycles. The summed E-state index contributed by atoms with van der Waals surface area (Å²) in [4.78, 5) is 0. The number of unbranched alkanes of at least 4 members (excludes halogenated alkanes) is 62. The summed E-state index contributed by atoms with van der Waals surface area (Å²) in [6.45, 7) is 9.10.